The first-order valence-electron chi connectivity index (χ1n) is 3.27. The van der Waals surface area contributed by atoms with Gasteiger partial charge in [-0.1, -0.05) is 0 Å². The van der Waals surface area contributed by atoms with Gasteiger partial charge < -0.3 is 44.7 Å². The summed E-state index contributed by atoms with van der Waals surface area (Å²) >= 11 is 0. The van der Waals surface area contributed by atoms with E-state index in [-0.39, 0.29) is 42.8 Å². The van der Waals surface area contributed by atoms with E-state index in [1.54, 1.807) is 0 Å². The Kier molecular flexibility index (Phi) is 21.2. The molecule has 0 unspecified atom stereocenters. The van der Waals surface area contributed by atoms with Crippen molar-refractivity contribution in [1.29, 1.82) is 0 Å². The van der Waals surface area contributed by atoms with E-state index in [9.17, 15) is 0 Å². The fourth-order valence-corrected chi connectivity index (χ4v) is 0.0577. The van der Waals surface area contributed by atoms with E-state index in [0.717, 1.165) is 0 Å². The summed E-state index contributed by atoms with van der Waals surface area (Å²) in [5.74, 6) is 0. The molecule has 0 saturated heterocycles. The number of aliphatic hydroxyl groups is 3. The van der Waals surface area contributed by atoms with E-state index < -0.39 is 21.7 Å². The van der Waals surface area contributed by atoms with E-state index in [0.29, 0.717) is 0 Å². The van der Waals surface area contributed by atoms with Crippen LogP contribution in [0.15, 0.2) is 0 Å². The maximum atomic E-state index is 8.88. The molecule has 0 saturated carbocycles. The minimum atomic E-state index is -4.64. The monoisotopic (exact) mass is 312 g/mol. The number of hydrogen-bond acceptors (Lipinski definition) is 5. The van der Waals surface area contributed by atoms with Crippen LogP contribution in [-0.4, -0.2) is 93.6 Å². The van der Waals surface area contributed by atoms with Crippen LogP contribution in [0.5, 0.6) is 0 Å². The predicted octanol–water partition coefficient (Wildman–Crippen LogP) is -4.17. The van der Waals surface area contributed by atoms with Gasteiger partial charge in [-0.15, -0.1) is 0 Å². The second-order valence-corrected chi connectivity index (χ2v) is 4.10. The van der Waals surface area contributed by atoms with Crippen molar-refractivity contribution in [2.45, 2.75) is 6.10 Å². The quantitative estimate of drug-likeness (QED) is 0.176. The van der Waals surface area contributed by atoms with E-state index in [2.05, 4.69) is 0 Å². The summed E-state index contributed by atoms with van der Waals surface area (Å²) in [7, 11) is -9.28. The summed E-state index contributed by atoms with van der Waals surface area (Å²) in [6.07, 6.45) is -0.954. The maximum absolute atomic E-state index is 8.88. The van der Waals surface area contributed by atoms with Crippen molar-refractivity contribution >= 4 is 45.2 Å². The molecule has 104 valence electrons. The van der Waals surface area contributed by atoms with Crippen LogP contribution in [0.4, 0.5) is 0 Å². The zero-order chi connectivity index (χ0) is 14.0. The zero-order valence-electron chi connectivity index (χ0n) is 7.73. The molecule has 0 fully saturated rings. The first-order valence-corrected chi connectivity index (χ1v) is 6.40. The first kappa shape index (κ1) is 26.6. The molecule has 0 aromatic rings. The van der Waals surface area contributed by atoms with Gasteiger partial charge in [0, 0.05) is 0 Å². The molecule has 0 heterocycles. The molecule has 11 nitrogen and oxygen atoms in total. The third kappa shape index (κ3) is 150. The molecule has 0 aromatic heterocycles. The Bertz CT molecular complexity index is 192. The van der Waals surface area contributed by atoms with Gasteiger partial charge in [-0.2, -0.15) is 0 Å². The normalized spacial score (nSPS) is 10.5. The Morgan fingerprint density at radius 3 is 0.882 bits per heavy atom. The molecule has 0 radical (unpaired) electrons. The molecule has 0 atom stereocenters. The molecule has 0 spiro atoms. The summed E-state index contributed by atoms with van der Waals surface area (Å²) in [6, 6.07) is 0. The standard InChI is InChI=1S/C3H8O3.Na.2H3O4P.H/c4-1-3(6)2-5;;2*1-5(2,3)4;/h3-6H,1-2H2;;2*(H3,1,2,3,4);. The Morgan fingerprint density at radius 2 is 0.882 bits per heavy atom. The van der Waals surface area contributed by atoms with Gasteiger partial charge in [-0.05, 0) is 0 Å². The molecular weight excluding hydrogens is 297 g/mol. The first-order chi connectivity index (χ1) is 6.81. The SMILES string of the molecule is O=P(O)(O)O.O=P(O)(O)O.OCC(O)CO.[NaH]. The van der Waals surface area contributed by atoms with Crippen LogP contribution < -0.4 is 0 Å². The second kappa shape index (κ2) is 13.5. The Morgan fingerprint density at radius 1 is 0.765 bits per heavy atom. The molecule has 0 amide bonds. The van der Waals surface area contributed by atoms with E-state index >= 15 is 0 Å². The average molecular weight is 312 g/mol. The molecule has 0 rings (SSSR count). The molecular formula is C3H15NaO11P2. The predicted molar refractivity (Wildman–Crippen MR) is 55.9 cm³/mol. The van der Waals surface area contributed by atoms with Gasteiger partial charge in [-0.25, -0.2) is 9.13 Å². The Balaban J connectivity index is -0.0000000729. The molecule has 17 heavy (non-hydrogen) atoms. The van der Waals surface area contributed by atoms with Gasteiger partial charge in [0.25, 0.3) is 0 Å². The van der Waals surface area contributed by atoms with Gasteiger partial charge in [-0.3, -0.25) is 0 Å². The van der Waals surface area contributed by atoms with Crippen LogP contribution in [0.3, 0.4) is 0 Å². The van der Waals surface area contributed by atoms with Crippen molar-refractivity contribution in [2.24, 2.45) is 0 Å². The Labute approximate surface area is 118 Å². The van der Waals surface area contributed by atoms with E-state index in [4.69, 9.17) is 53.8 Å². The van der Waals surface area contributed by atoms with Gasteiger partial charge in [0.2, 0.25) is 0 Å². The number of phosphoric acid groups is 2. The number of aliphatic hydroxyl groups excluding tert-OH is 3. The fourth-order valence-electron chi connectivity index (χ4n) is 0.0577. The van der Waals surface area contributed by atoms with Crippen LogP contribution in [-0.2, 0) is 9.13 Å². The third-order valence-electron chi connectivity index (χ3n) is 0.421. The van der Waals surface area contributed by atoms with E-state index in [1.807, 2.05) is 0 Å². The van der Waals surface area contributed by atoms with E-state index in [1.165, 1.54) is 0 Å². The molecule has 9 N–H and O–H groups in total. The van der Waals surface area contributed by atoms with Gasteiger partial charge in [0.1, 0.15) is 6.10 Å². The third-order valence-corrected chi connectivity index (χ3v) is 0.421. The van der Waals surface area contributed by atoms with Crippen molar-refractivity contribution in [3.05, 3.63) is 0 Å². The molecule has 0 aromatic carbocycles. The van der Waals surface area contributed by atoms with Gasteiger partial charge in [0.05, 0.1) is 13.2 Å². The van der Waals surface area contributed by atoms with Crippen molar-refractivity contribution in [1.82, 2.24) is 0 Å². The number of hydrogen-bond donors (Lipinski definition) is 9. The van der Waals surface area contributed by atoms with Crippen molar-refractivity contribution in [3.63, 3.8) is 0 Å². The Hall–Kier alpha value is 1.10. The van der Waals surface area contributed by atoms with Crippen LogP contribution in [0, 0.1) is 0 Å². The average Bonchev–Trinajstić information content (AvgIpc) is 1.96. The van der Waals surface area contributed by atoms with Crippen molar-refractivity contribution in [2.75, 3.05) is 13.2 Å². The van der Waals surface area contributed by atoms with Crippen LogP contribution in [0.1, 0.15) is 0 Å². The fraction of sp³-hybridized carbons (Fsp3) is 1.00. The van der Waals surface area contributed by atoms with Gasteiger partial charge >= 0.3 is 45.2 Å². The molecule has 0 bridgehead atoms. The van der Waals surface area contributed by atoms with Crippen LogP contribution >= 0.6 is 15.6 Å². The van der Waals surface area contributed by atoms with Crippen LogP contribution in [0.2, 0.25) is 0 Å². The molecule has 0 aliphatic carbocycles. The zero-order valence-corrected chi connectivity index (χ0v) is 9.52. The molecule has 0 aliphatic heterocycles. The number of rotatable bonds is 2. The van der Waals surface area contributed by atoms with Crippen molar-refractivity contribution < 1.29 is 53.8 Å². The van der Waals surface area contributed by atoms with Crippen molar-refractivity contribution in [3.8, 4) is 0 Å². The van der Waals surface area contributed by atoms with Crippen LogP contribution in [0.25, 0.3) is 0 Å². The molecule has 14 heteroatoms. The minimum absolute atomic E-state index is 0. The summed E-state index contributed by atoms with van der Waals surface area (Å²) in [4.78, 5) is 43.1. The summed E-state index contributed by atoms with van der Waals surface area (Å²) < 4.78 is 17.8. The summed E-state index contributed by atoms with van der Waals surface area (Å²) in [6.45, 7) is -0.729. The second-order valence-electron chi connectivity index (χ2n) is 2.05. The topological polar surface area (TPSA) is 216 Å². The summed E-state index contributed by atoms with van der Waals surface area (Å²) in [5, 5.41) is 24.0. The molecule has 0 aliphatic rings. The summed E-state index contributed by atoms with van der Waals surface area (Å²) in [5.41, 5.74) is 0. The van der Waals surface area contributed by atoms with Gasteiger partial charge in [0.15, 0.2) is 0 Å².